The number of fused-ring (bicyclic) bond motifs is 7. The van der Waals surface area contributed by atoms with Gasteiger partial charge < -0.3 is 124 Å². The van der Waals surface area contributed by atoms with Gasteiger partial charge in [0.2, 0.25) is 0 Å². The molecule has 8 fully saturated rings. The predicted octanol–water partition coefficient (Wildman–Crippen LogP) is -5.06. The van der Waals surface area contributed by atoms with Crippen molar-refractivity contribution < 1.29 is 124 Å². The monoisotopic (exact) mass is 1100 g/mol. The minimum atomic E-state index is -1.94. The molecule has 0 amide bonds. The van der Waals surface area contributed by atoms with E-state index in [0.717, 1.165) is 31.3 Å². The van der Waals surface area contributed by atoms with Crippen LogP contribution < -0.4 is 0 Å². The fourth-order valence-corrected chi connectivity index (χ4v) is 15.1. The lowest BCUT2D eigenvalue weighted by Crippen LogP contribution is -2.67. The van der Waals surface area contributed by atoms with Crippen molar-refractivity contribution in [1.82, 2.24) is 0 Å². The van der Waals surface area contributed by atoms with Crippen molar-refractivity contribution in [3.63, 3.8) is 0 Å². The molecule has 0 unspecified atom stereocenters. The molecule has 16 N–H and O–H groups in total. The van der Waals surface area contributed by atoms with Gasteiger partial charge in [-0.1, -0.05) is 39.3 Å². The second-order valence-corrected chi connectivity index (χ2v) is 23.9. The summed E-state index contributed by atoms with van der Waals surface area (Å²) in [6.45, 7) is 5.55. The molecule has 25 heteroatoms. The van der Waals surface area contributed by atoms with Gasteiger partial charge in [0.1, 0.15) is 97.7 Å². The number of ether oxygens (including phenoxy) is 9. The van der Waals surface area contributed by atoms with E-state index in [4.69, 9.17) is 42.6 Å². The van der Waals surface area contributed by atoms with Crippen LogP contribution in [0.5, 0.6) is 0 Å². The molecule has 0 radical (unpaired) electrons. The van der Waals surface area contributed by atoms with Crippen molar-refractivity contribution in [3.8, 4) is 0 Å². The zero-order valence-electron chi connectivity index (χ0n) is 43.3. The van der Waals surface area contributed by atoms with Crippen molar-refractivity contribution in [2.24, 2.45) is 46.3 Å². The number of allylic oxidation sites excluding steroid dienone is 1. The largest absolute Gasteiger partial charge is 0.394 e. The molecule has 4 aliphatic carbocycles. The standard InChI is InChI=1S/C51H84O25/c1-19(18-68-45-40(64)36(60)33(57)27(14-52)70-45)7-10-51(67)20(2)32-26(76-51)13-25-23-6-5-21-11-22(12-31(56)50(21,4)24(23)8-9-49(25,32)3)69-46-42(66)39(63)43(30(17-55)73-46)74-48-44(38(62)35(59)29(16-54)72-48)75-47-41(65)37(61)34(58)28(15-53)71-47/h5,19-20,22-48,52-67H,6-18H2,1-4H3/t19-,20+,22-,23-,24+,25+,26+,27-,28-,29-,30-,31-,32+,33-,34-,35-,36+,37+,38+,39-,40-,41-,42-,43+,44-,45-,46-,47+,48+,49+,50+,51-/m1/s1. The van der Waals surface area contributed by atoms with Crippen LogP contribution in [0.25, 0.3) is 0 Å². The van der Waals surface area contributed by atoms with Gasteiger partial charge in [0, 0.05) is 24.2 Å². The lowest BCUT2D eigenvalue weighted by atomic mass is 9.46. The van der Waals surface area contributed by atoms with Gasteiger partial charge in [-0.25, -0.2) is 0 Å². The summed E-state index contributed by atoms with van der Waals surface area (Å²) in [5.74, 6) is -0.994. The van der Waals surface area contributed by atoms with E-state index in [0.29, 0.717) is 19.3 Å². The second kappa shape index (κ2) is 23.2. The molecule has 3 saturated carbocycles. The van der Waals surface area contributed by atoms with Crippen molar-refractivity contribution in [2.45, 2.75) is 226 Å². The van der Waals surface area contributed by atoms with Crippen LogP contribution in [-0.2, 0) is 42.6 Å². The fraction of sp³-hybridized carbons (Fsp3) is 0.961. The summed E-state index contributed by atoms with van der Waals surface area (Å²) in [7, 11) is 0. The molecule has 0 aromatic rings. The van der Waals surface area contributed by atoms with E-state index in [1.165, 1.54) is 0 Å². The fourth-order valence-electron chi connectivity index (χ4n) is 15.1. The molecule has 0 aromatic heterocycles. The molecular formula is C51H84O25. The quantitative estimate of drug-likeness (QED) is 0.0643. The molecule has 5 heterocycles. The Balaban J connectivity index is 0.811. The summed E-state index contributed by atoms with van der Waals surface area (Å²) >= 11 is 0. The highest BCUT2D eigenvalue weighted by Crippen LogP contribution is 2.70. The molecule has 438 valence electrons. The Morgan fingerprint density at radius 2 is 1.14 bits per heavy atom. The second-order valence-electron chi connectivity index (χ2n) is 23.9. The Labute approximate surface area is 440 Å². The minimum absolute atomic E-state index is 0.0832. The molecule has 25 nitrogen and oxygen atoms in total. The van der Waals surface area contributed by atoms with Crippen LogP contribution in [-0.4, -0.2) is 262 Å². The van der Waals surface area contributed by atoms with Crippen molar-refractivity contribution in [2.75, 3.05) is 33.0 Å². The van der Waals surface area contributed by atoms with Gasteiger partial charge in [0.15, 0.2) is 30.9 Å². The Morgan fingerprint density at radius 1 is 0.618 bits per heavy atom. The van der Waals surface area contributed by atoms with Crippen LogP contribution in [0.3, 0.4) is 0 Å². The van der Waals surface area contributed by atoms with Crippen molar-refractivity contribution in [1.29, 1.82) is 0 Å². The normalized spacial score (nSPS) is 54.8. The highest BCUT2D eigenvalue weighted by Gasteiger charge is 2.69. The van der Waals surface area contributed by atoms with Gasteiger partial charge in [0.25, 0.3) is 0 Å². The zero-order valence-corrected chi connectivity index (χ0v) is 43.3. The molecule has 76 heavy (non-hydrogen) atoms. The molecule has 0 spiro atoms. The third kappa shape index (κ3) is 10.4. The van der Waals surface area contributed by atoms with Crippen LogP contribution in [0, 0.1) is 46.3 Å². The highest BCUT2D eigenvalue weighted by molar-refractivity contribution is 5.28. The molecule has 9 aliphatic rings. The first kappa shape index (κ1) is 59.4. The average molecular weight is 1100 g/mol. The van der Waals surface area contributed by atoms with Gasteiger partial charge in [-0.2, -0.15) is 0 Å². The summed E-state index contributed by atoms with van der Waals surface area (Å²) in [4.78, 5) is 0. The SMILES string of the molecule is C[C@H](CC[C@@]1(O)O[C@H]2C[C@H]3[C@@H]4CC=C5C[C@@H](O[C@@H]6O[C@H](CO)[C@H](O[C@@H]7O[C@H](CO)[C@@H](O)[C@H](O)[C@H]7O[C@@H]7O[C@H](CO)[C@@H](O)[C@H](O)[C@H]7O)[C@H](O)[C@H]6O)C[C@@H](O)[C@]5(C)[C@H]4CC[C@]3(C)[C@H]2[C@@H]1C)CO[C@@H]1O[C@H](CO)[C@@H](O)[C@H](O)[C@H]1O. The van der Waals surface area contributed by atoms with Crippen LogP contribution >= 0.6 is 0 Å². The van der Waals surface area contributed by atoms with Crippen molar-refractivity contribution in [3.05, 3.63) is 11.6 Å². The molecule has 32 atom stereocenters. The van der Waals surface area contributed by atoms with E-state index in [2.05, 4.69) is 26.8 Å². The molecule has 5 saturated heterocycles. The van der Waals surface area contributed by atoms with Gasteiger partial charge in [-0.15, -0.1) is 0 Å². The summed E-state index contributed by atoms with van der Waals surface area (Å²) in [6, 6.07) is 0. The first-order valence-corrected chi connectivity index (χ1v) is 27.2. The first-order chi connectivity index (χ1) is 35.9. The lowest BCUT2D eigenvalue weighted by molar-refractivity contribution is -0.390. The Bertz CT molecular complexity index is 1970. The van der Waals surface area contributed by atoms with E-state index in [-0.39, 0.29) is 60.1 Å². The Morgan fingerprint density at radius 3 is 1.78 bits per heavy atom. The molecule has 9 rings (SSSR count). The maximum Gasteiger partial charge on any atom is 0.187 e. The summed E-state index contributed by atoms with van der Waals surface area (Å²) in [5.41, 5.74) is 0.247. The molecule has 0 bridgehead atoms. The summed E-state index contributed by atoms with van der Waals surface area (Å²) < 4.78 is 53.1. The number of aliphatic hydroxyl groups excluding tert-OH is 15. The number of hydrogen-bond donors (Lipinski definition) is 16. The highest BCUT2D eigenvalue weighted by atomic mass is 16.8. The number of hydrogen-bond acceptors (Lipinski definition) is 25. The lowest BCUT2D eigenvalue weighted by Gasteiger charge is -2.60. The summed E-state index contributed by atoms with van der Waals surface area (Å²) in [5, 5.41) is 171. The smallest absolute Gasteiger partial charge is 0.187 e. The first-order valence-electron chi connectivity index (χ1n) is 27.2. The third-order valence-electron chi connectivity index (χ3n) is 19.6. The number of aliphatic hydroxyl groups is 16. The maximum absolute atomic E-state index is 12.2. The van der Waals surface area contributed by atoms with Crippen LogP contribution in [0.1, 0.15) is 79.1 Å². The van der Waals surface area contributed by atoms with E-state index < -0.39 is 173 Å². The Kier molecular flexibility index (Phi) is 18.1. The van der Waals surface area contributed by atoms with E-state index in [9.17, 15) is 81.7 Å². The van der Waals surface area contributed by atoms with Gasteiger partial charge >= 0.3 is 0 Å². The third-order valence-corrected chi connectivity index (χ3v) is 19.6. The van der Waals surface area contributed by atoms with E-state index in [1.54, 1.807) is 0 Å². The number of rotatable bonds is 16. The molecule has 0 aromatic carbocycles. The van der Waals surface area contributed by atoms with Crippen molar-refractivity contribution >= 4 is 0 Å². The molecular weight excluding hydrogens is 1010 g/mol. The zero-order chi connectivity index (χ0) is 55.1. The summed E-state index contributed by atoms with van der Waals surface area (Å²) in [6.07, 6.45) is -27.7. The van der Waals surface area contributed by atoms with Crippen LogP contribution in [0.4, 0.5) is 0 Å². The topological polar surface area (TPSA) is 407 Å². The van der Waals surface area contributed by atoms with E-state index in [1.807, 2.05) is 6.92 Å². The van der Waals surface area contributed by atoms with Crippen LogP contribution in [0.15, 0.2) is 11.6 Å². The maximum atomic E-state index is 12.2. The Hall–Kier alpha value is -1.26. The van der Waals surface area contributed by atoms with Gasteiger partial charge in [-0.05, 0) is 73.5 Å². The average Bonchev–Trinajstić information content (AvgIpc) is 3.88. The van der Waals surface area contributed by atoms with Gasteiger partial charge in [0.05, 0.1) is 51.3 Å². The minimum Gasteiger partial charge on any atom is -0.394 e. The van der Waals surface area contributed by atoms with Crippen LogP contribution in [0.2, 0.25) is 0 Å². The predicted molar refractivity (Wildman–Crippen MR) is 253 cm³/mol. The van der Waals surface area contributed by atoms with Gasteiger partial charge in [-0.3, -0.25) is 0 Å². The molecule has 5 aliphatic heterocycles. The van der Waals surface area contributed by atoms with E-state index >= 15 is 0 Å².